The van der Waals surface area contributed by atoms with E-state index >= 15 is 0 Å². The average Bonchev–Trinajstić information content (AvgIpc) is 3.20. The molecule has 1 heterocycles. The predicted molar refractivity (Wildman–Crippen MR) is 107 cm³/mol. The highest BCUT2D eigenvalue weighted by Gasteiger charge is 2.10. The molecule has 0 saturated heterocycles. The van der Waals surface area contributed by atoms with E-state index in [-0.39, 0.29) is 11.8 Å². The number of carbonyl (C=O) groups is 2. The van der Waals surface area contributed by atoms with Crippen LogP contribution in [0.3, 0.4) is 0 Å². The fourth-order valence-electron chi connectivity index (χ4n) is 2.15. The van der Waals surface area contributed by atoms with Crippen molar-refractivity contribution in [2.45, 2.75) is 10.6 Å². The van der Waals surface area contributed by atoms with Crippen LogP contribution in [0.1, 0.15) is 25.6 Å². The molecule has 2 aromatic carbocycles. The monoisotopic (exact) mass is 402 g/mol. The highest BCUT2D eigenvalue weighted by atomic mass is 35.5. The van der Waals surface area contributed by atoms with Gasteiger partial charge in [0.2, 0.25) is 0 Å². The Morgan fingerprint density at radius 3 is 2.46 bits per heavy atom. The summed E-state index contributed by atoms with van der Waals surface area (Å²) in [6, 6.07) is 18.4. The lowest BCUT2D eigenvalue weighted by Gasteiger charge is -2.08. The Hall–Kier alpha value is -2.28. The molecular formula is C19H15ClN2O2S2. The number of thiophene rings is 1. The smallest absolute Gasteiger partial charge is 0.267 e. The number of hydrogen-bond acceptors (Lipinski definition) is 4. The van der Waals surface area contributed by atoms with Gasteiger partial charge in [-0.3, -0.25) is 20.4 Å². The first-order chi connectivity index (χ1) is 12.6. The number of rotatable bonds is 5. The molecule has 26 heavy (non-hydrogen) atoms. The van der Waals surface area contributed by atoms with Crippen LogP contribution in [0, 0.1) is 0 Å². The zero-order valence-corrected chi connectivity index (χ0v) is 16.0. The minimum absolute atomic E-state index is 0.331. The Kier molecular flexibility index (Phi) is 6.33. The molecule has 0 saturated carbocycles. The normalized spacial score (nSPS) is 10.3. The number of thioether (sulfide) groups is 1. The van der Waals surface area contributed by atoms with Gasteiger partial charge in [-0.25, -0.2) is 0 Å². The van der Waals surface area contributed by atoms with Crippen molar-refractivity contribution in [3.63, 3.8) is 0 Å². The predicted octanol–water partition coefficient (Wildman–Crippen LogP) is 4.77. The summed E-state index contributed by atoms with van der Waals surface area (Å²) in [5.41, 5.74) is 6.37. The van der Waals surface area contributed by atoms with Gasteiger partial charge < -0.3 is 0 Å². The van der Waals surface area contributed by atoms with E-state index in [0.717, 1.165) is 16.2 Å². The molecule has 2 amide bonds. The van der Waals surface area contributed by atoms with Gasteiger partial charge in [0, 0.05) is 21.2 Å². The van der Waals surface area contributed by atoms with Crippen molar-refractivity contribution >= 4 is 46.5 Å². The molecule has 132 valence electrons. The van der Waals surface area contributed by atoms with Gasteiger partial charge in [-0.1, -0.05) is 29.8 Å². The molecule has 3 rings (SSSR count). The lowest BCUT2D eigenvalue weighted by Crippen LogP contribution is -2.41. The topological polar surface area (TPSA) is 58.2 Å². The molecule has 0 aliphatic rings. The first-order valence-corrected chi connectivity index (χ1v) is 9.97. The Morgan fingerprint density at radius 2 is 1.73 bits per heavy atom. The second kappa shape index (κ2) is 8.89. The van der Waals surface area contributed by atoms with Crippen molar-refractivity contribution in [3.05, 3.63) is 87.1 Å². The second-order valence-electron chi connectivity index (χ2n) is 5.33. The van der Waals surface area contributed by atoms with Gasteiger partial charge in [0.05, 0.1) is 4.88 Å². The van der Waals surface area contributed by atoms with E-state index in [1.54, 1.807) is 35.3 Å². The second-order valence-corrected chi connectivity index (χ2v) is 7.76. The highest BCUT2D eigenvalue weighted by molar-refractivity contribution is 7.98. The zero-order chi connectivity index (χ0) is 18.4. The van der Waals surface area contributed by atoms with E-state index in [1.165, 1.54) is 11.3 Å². The standard InChI is InChI=1S/C19H15ClN2O2S2/c20-15-6-8-16(9-7-15)26-12-13-3-1-4-14(11-13)18(23)21-22-19(24)17-5-2-10-25-17/h1-11H,12H2,(H,21,23)(H,22,24). The first-order valence-electron chi connectivity index (χ1n) is 7.73. The molecule has 2 N–H and O–H groups in total. The van der Waals surface area contributed by atoms with E-state index in [9.17, 15) is 9.59 Å². The minimum Gasteiger partial charge on any atom is -0.267 e. The van der Waals surface area contributed by atoms with Gasteiger partial charge in [0.15, 0.2) is 0 Å². The zero-order valence-electron chi connectivity index (χ0n) is 13.6. The van der Waals surface area contributed by atoms with E-state index in [4.69, 9.17) is 11.6 Å². The van der Waals surface area contributed by atoms with Crippen LogP contribution in [-0.2, 0) is 5.75 Å². The lowest BCUT2D eigenvalue weighted by atomic mass is 10.1. The van der Waals surface area contributed by atoms with Crippen LogP contribution in [0.25, 0.3) is 0 Å². The van der Waals surface area contributed by atoms with Crippen LogP contribution in [0.15, 0.2) is 70.9 Å². The summed E-state index contributed by atoms with van der Waals surface area (Å²) in [5.74, 6) is 0.0423. The van der Waals surface area contributed by atoms with Crippen LogP contribution < -0.4 is 10.9 Å². The third kappa shape index (κ3) is 5.11. The molecule has 0 atom stereocenters. The highest BCUT2D eigenvalue weighted by Crippen LogP contribution is 2.24. The third-order valence-electron chi connectivity index (χ3n) is 3.44. The Labute approximate surface area is 164 Å². The maximum Gasteiger partial charge on any atom is 0.279 e. The van der Waals surface area contributed by atoms with Crippen LogP contribution in [0.4, 0.5) is 0 Å². The number of nitrogens with one attached hydrogen (secondary N) is 2. The quantitative estimate of drug-likeness (QED) is 0.477. The first kappa shape index (κ1) is 18.5. The molecule has 4 nitrogen and oxygen atoms in total. The molecule has 0 radical (unpaired) electrons. The van der Waals surface area contributed by atoms with E-state index < -0.39 is 0 Å². The van der Waals surface area contributed by atoms with E-state index in [1.807, 2.05) is 42.5 Å². The van der Waals surface area contributed by atoms with Gasteiger partial charge >= 0.3 is 0 Å². The van der Waals surface area contributed by atoms with Crippen molar-refractivity contribution in [3.8, 4) is 0 Å². The maximum atomic E-state index is 12.2. The maximum absolute atomic E-state index is 12.2. The number of halogens is 1. The fourth-order valence-corrected chi connectivity index (χ4v) is 3.74. The molecule has 0 unspecified atom stereocenters. The molecule has 0 spiro atoms. The summed E-state index contributed by atoms with van der Waals surface area (Å²) in [6.45, 7) is 0. The van der Waals surface area contributed by atoms with Gasteiger partial charge in [-0.15, -0.1) is 23.1 Å². The summed E-state index contributed by atoms with van der Waals surface area (Å²) in [6.07, 6.45) is 0. The number of amides is 2. The molecule has 0 bridgehead atoms. The Balaban J connectivity index is 1.56. The summed E-state index contributed by atoms with van der Waals surface area (Å²) >= 11 is 8.86. The van der Waals surface area contributed by atoms with E-state index in [2.05, 4.69) is 10.9 Å². The number of benzene rings is 2. The molecule has 0 aliphatic heterocycles. The summed E-state index contributed by atoms with van der Waals surface area (Å²) < 4.78 is 0. The summed E-state index contributed by atoms with van der Waals surface area (Å²) in [4.78, 5) is 25.7. The largest absolute Gasteiger partial charge is 0.279 e. The molecule has 1 aromatic heterocycles. The van der Waals surface area contributed by atoms with Crippen LogP contribution in [-0.4, -0.2) is 11.8 Å². The summed E-state index contributed by atoms with van der Waals surface area (Å²) in [5, 5.41) is 2.51. The molecule has 3 aromatic rings. The third-order valence-corrected chi connectivity index (χ3v) is 5.65. The van der Waals surface area contributed by atoms with E-state index in [0.29, 0.717) is 15.5 Å². The average molecular weight is 403 g/mol. The Bertz CT molecular complexity index is 896. The number of carbonyl (C=O) groups excluding carboxylic acids is 2. The van der Waals surface area contributed by atoms with Crippen molar-refractivity contribution in [2.75, 3.05) is 0 Å². The van der Waals surface area contributed by atoms with Crippen molar-refractivity contribution < 1.29 is 9.59 Å². The Morgan fingerprint density at radius 1 is 0.962 bits per heavy atom. The summed E-state index contributed by atoms with van der Waals surface area (Å²) in [7, 11) is 0. The minimum atomic E-state index is -0.353. The van der Waals surface area contributed by atoms with Gasteiger partial charge in [-0.05, 0) is 53.4 Å². The van der Waals surface area contributed by atoms with Gasteiger partial charge in [0.25, 0.3) is 11.8 Å². The lowest BCUT2D eigenvalue weighted by molar-refractivity contribution is 0.0849. The van der Waals surface area contributed by atoms with Crippen molar-refractivity contribution in [1.82, 2.24) is 10.9 Å². The van der Waals surface area contributed by atoms with Crippen molar-refractivity contribution in [1.29, 1.82) is 0 Å². The van der Waals surface area contributed by atoms with Crippen molar-refractivity contribution in [2.24, 2.45) is 0 Å². The van der Waals surface area contributed by atoms with Crippen LogP contribution in [0.5, 0.6) is 0 Å². The molecular weight excluding hydrogens is 388 g/mol. The molecule has 7 heteroatoms. The van der Waals surface area contributed by atoms with Crippen LogP contribution >= 0.6 is 34.7 Å². The van der Waals surface area contributed by atoms with Gasteiger partial charge in [0.1, 0.15) is 0 Å². The number of hydrazine groups is 1. The number of hydrogen-bond donors (Lipinski definition) is 2. The van der Waals surface area contributed by atoms with Gasteiger partial charge in [-0.2, -0.15) is 0 Å². The molecule has 0 fully saturated rings. The van der Waals surface area contributed by atoms with Crippen LogP contribution in [0.2, 0.25) is 5.02 Å². The SMILES string of the molecule is O=C(NNC(=O)c1cccs1)c1cccc(CSc2ccc(Cl)cc2)c1. The fraction of sp³-hybridized carbons (Fsp3) is 0.0526. The molecule has 0 aliphatic carbocycles.